The number of rotatable bonds is 4. The highest BCUT2D eigenvalue weighted by atomic mass is 35.5. The first-order valence-electron chi connectivity index (χ1n) is 18.9. The predicted octanol–water partition coefficient (Wildman–Crippen LogP) is 4.35. The maximum atomic E-state index is 13.7. The van der Waals surface area contributed by atoms with E-state index in [-0.39, 0.29) is 28.8 Å². The summed E-state index contributed by atoms with van der Waals surface area (Å²) in [6.07, 6.45) is 7.22. The van der Waals surface area contributed by atoms with E-state index in [1.165, 1.54) is 31.0 Å². The zero-order chi connectivity index (χ0) is 37.4. The van der Waals surface area contributed by atoms with Crippen LogP contribution in [0, 0.1) is 11.8 Å². The Balaban J connectivity index is 1.19. The lowest BCUT2D eigenvalue weighted by atomic mass is 9.68. The molecule has 14 heteroatoms. The molecule has 1 spiro atoms. The third kappa shape index (κ3) is 8.34. The fourth-order valence-electron chi connectivity index (χ4n) is 8.44. The summed E-state index contributed by atoms with van der Waals surface area (Å²) in [5, 5.41) is 3.67. The maximum Gasteiger partial charge on any atom is 0.407 e. The number of piperazine rings is 1. The third-order valence-corrected chi connectivity index (χ3v) is 13.4. The van der Waals surface area contributed by atoms with E-state index in [0.29, 0.717) is 42.7 Å². The highest BCUT2D eigenvalue weighted by molar-refractivity contribution is 7.90. The zero-order valence-corrected chi connectivity index (χ0v) is 32.5. The summed E-state index contributed by atoms with van der Waals surface area (Å²) < 4.78 is 48.2. The Morgan fingerprint density at radius 1 is 1.11 bits per heavy atom. The number of aryl methyl sites for hydroxylation is 1. The first-order chi connectivity index (χ1) is 25.3. The molecule has 2 aromatic rings. The number of carbonyl (C=O) groups excluding carboxylic acids is 2. The minimum absolute atomic E-state index is 0.0202. The average Bonchev–Trinajstić information content (AvgIpc) is 3.25. The van der Waals surface area contributed by atoms with Gasteiger partial charge in [-0.25, -0.2) is 17.9 Å². The summed E-state index contributed by atoms with van der Waals surface area (Å²) >= 11 is 6.45. The van der Waals surface area contributed by atoms with E-state index in [4.69, 9.17) is 25.8 Å². The van der Waals surface area contributed by atoms with Gasteiger partial charge in [0.25, 0.3) is 15.9 Å². The number of anilines is 1. The molecule has 1 saturated carbocycles. The SMILES string of the molecule is CN1CCN(CCNC(=O)O[C@H]2C=CCOC(C)(C)C(=O)NS(=O)(=O)c3ccc4c(c3)N(C[C@@H]3CC[C@H]32)C[C@@]2(CCCc3cc(Cl)ccc32)CO4)CC1. The van der Waals surface area contributed by atoms with E-state index < -0.39 is 33.7 Å². The Kier molecular flexibility index (Phi) is 11.0. The van der Waals surface area contributed by atoms with Crippen LogP contribution in [0.1, 0.15) is 50.7 Å². The van der Waals surface area contributed by atoms with Gasteiger partial charge in [0, 0.05) is 68.7 Å². The number of hydrogen-bond acceptors (Lipinski definition) is 10. The molecule has 0 aromatic heterocycles. The molecule has 2 N–H and O–H groups in total. The van der Waals surface area contributed by atoms with Crippen LogP contribution in [-0.2, 0) is 36.1 Å². The van der Waals surface area contributed by atoms with Gasteiger partial charge in [0.15, 0.2) is 0 Å². The van der Waals surface area contributed by atoms with E-state index >= 15 is 0 Å². The fourth-order valence-corrected chi connectivity index (χ4v) is 9.75. The van der Waals surface area contributed by atoms with Crippen molar-refractivity contribution < 1.29 is 32.2 Å². The molecule has 5 aliphatic rings. The zero-order valence-electron chi connectivity index (χ0n) is 30.9. The van der Waals surface area contributed by atoms with E-state index in [0.717, 1.165) is 64.8 Å². The molecule has 288 valence electrons. The van der Waals surface area contributed by atoms with Crippen molar-refractivity contribution in [1.29, 1.82) is 0 Å². The number of nitrogens with zero attached hydrogens (tertiary/aromatic N) is 3. The minimum Gasteiger partial charge on any atom is -0.490 e. The molecule has 2 fully saturated rings. The Labute approximate surface area is 318 Å². The lowest BCUT2D eigenvalue weighted by Crippen LogP contribution is -2.50. The van der Waals surface area contributed by atoms with Crippen LogP contribution in [0.2, 0.25) is 5.02 Å². The lowest BCUT2D eigenvalue weighted by molar-refractivity contribution is -0.139. The van der Waals surface area contributed by atoms with Crippen molar-refractivity contribution in [2.45, 2.75) is 68.0 Å². The molecule has 7 rings (SSSR count). The normalized spacial score (nSPS) is 28.7. The van der Waals surface area contributed by atoms with Crippen molar-refractivity contribution in [1.82, 2.24) is 19.8 Å². The van der Waals surface area contributed by atoms with Crippen LogP contribution >= 0.6 is 11.6 Å². The fraction of sp³-hybridized carbons (Fsp3) is 0.590. The van der Waals surface area contributed by atoms with Crippen molar-refractivity contribution in [3.8, 4) is 5.75 Å². The smallest absolute Gasteiger partial charge is 0.407 e. The van der Waals surface area contributed by atoms with Gasteiger partial charge < -0.3 is 29.3 Å². The second kappa shape index (κ2) is 15.4. The third-order valence-electron chi connectivity index (χ3n) is 11.8. The van der Waals surface area contributed by atoms with E-state index in [2.05, 4.69) is 43.9 Å². The van der Waals surface area contributed by atoms with Crippen LogP contribution < -0.4 is 19.7 Å². The average molecular weight is 770 g/mol. The van der Waals surface area contributed by atoms with E-state index in [9.17, 15) is 18.0 Å². The standard InChI is InChI=1S/C39H52ClN5O7S/c1-38(2)36(46)42-53(48,49)30-10-13-35-33(23-30)45(25-39(26-50-35)14-4-6-27-22-29(40)9-12-32(27)39)24-28-8-11-31(28)34(7-5-21-51-38)52-37(47)41-15-16-44-19-17-43(3)18-20-44/h5,7,9-10,12-13,22-23,28,31,34H,4,6,8,11,14-21,24-26H2,1-3H3,(H,41,47)(H,42,46)/t28-,31+,34-,39-/m0/s1. The number of amides is 2. The Morgan fingerprint density at radius 3 is 2.70 bits per heavy atom. The van der Waals surface area contributed by atoms with Crippen molar-refractivity contribution in [2.75, 3.05) is 77.5 Å². The number of benzene rings is 2. The van der Waals surface area contributed by atoms with Crippen LogP contribution in [-0.4, -0.2) is 115 Å². The molecule has 0 radical (unpaired) electrons. The summed E-state index contributed by atoms with van der Waals surface area (Å²) in [5.41, 5.74) is 1.25. The van der Waals surface area contributed by atoms with Crippen LogP contribution in [0.3, 0.4) is 0 Å². The second-order valence-electron chi connectivity index (χ2n) is 15.9. The summed E-state index contributed by atoms with van der Waals surface area (Å²) in [6.45, 7) is 9.90. The van der Waals surface area contributed by atoms with Crippen LogP contribution in [0.25, 0.3) is 0 Å². The Morgan fingerprint density at radius 2 is 1.92 bits per heavy atom. The molecule has 12 nitrogen and oxygen atoms in total. The van der Waals surface area contributed by atoms with Crippen molar-refractivity contribution in [2.24, 2.45) is 11.8 Å². The first kappa shape index (κ1) is 37.9. The molecule has 3 aliphatic heterocycles. The van der Waals surface area contributed by atoms with Gasteiger partial charge >= 0.3 is 6.09 Å². The number of alkyl carbamates (subject to hydrolysis) is 1. The van der Waals surface area contributed by atoms with Gasteiger partial charge in [-0.15, -0.1) is 0 Å². The number of ether oxygens (including phenoxy) is 3. The van der Waals surface area contributed by atoms with Gasteiger partial charge in [-0.2, -0.15) is 0 Å². The van der Waals surface area contributed by atoms with Crippen molar-refractivity contribution in [3.05, 3.63) is 64.7 Å². The highest BCUT2D eigenvalue weighted by Gasteiger charge is 2.45. The first-order valence-corrected chi connectivity index (χ1v) is 20.7. The number of halogens is 1. The van der Waals surface area contributed by atoms with Gasteiger partial charge in [0.05, 0.1) is 23.8 Å². The molecule has 4 atom stereocenters. The van der Waals surface area contributed by atoms with Gasteiger partial charge in [-0.05, 0) is 106 Å². The number of sulfonamides is 1. The summed E-state index contributed by atoms with van der Waals surface area (Å²) in [4.78, 5) is 33.4. The van der Waals surface area contributed by atoms with Crippen LogP contribution in [0.15, 0.2) is 53.4 Å². The summed E-state index contributed by atoms with van der Waals surface area (Å²) in [5.74, 6) is -0.0403. The van der Waals surface area contributed by atoms with Crippen molar-refractivity contribution >= 4 is 39.3 Å². The van der Waals surface area contributed by atoms with Gasteiger partial charge in [0.1, 0.15) is 17.5 Å². The number of nitrogens with one attached hydrogen (secondary N) is 2. The van der Waals surface area contributed by atoms with E-state index in [1.54, 1.807) is 18.2 Å². The monoisotopic (exact) mass is 769 g/mol. The quantitative estimate of drug-likeness (QED) is 0.434. The van der Waals surface area contributed by atoms with Gasteiger partial charge in [-0.3, -0.25) is 9.69 Å². The molecular formula is C39H52ClN5O7S. The minimum atomic E-state index is -4.24. The molecular weight excluding hydrogens is 718 g/mol. The molecule has 53 heavy (non-hydrogen) atoms. The maximum absolute atomic E-state index is 13.7. The molecule has 3 heterocycles. The number of carbonyl (C=O) groups is 2. The van der Waals surface area contributed by atoms with Crippen molar-refractivity contribution in [3.63, 3.8) is 0 Å². The van der Waals surface area contributed by atoms with Crippen LogP contribution in [0.4, 0.5) is 10.5 Å². The molecule has 2 aliphatic carbocycles. The summed E-state index contributed by atoms with van der Waals surface area (Å²) in [6, 6.07) is 10.9. The number of likely N-dealkylation sites (N-methyl/N-ethyl adjacent to an activating group) is 1. The highest BCUT2D eigenvalue weighted by Crippen LogP contribution is 2.47. The molecule has 2 aromatic carbocycles. The second-order valence-corrected chi connectivity index (χ2v) is 18.0. The largest absolute Gasteiger partial charge is 0.490 e. The van der Waals surface area contributed by atoms with Crippen LogP contribution in [0.5, 0.6) is 5.75 Å². The van der Waals surface area contributed by atoms with Gasteiger partial charge in [0.2, 0.25) is 0 Å². The lowest BCUT2D eigenvalue weighted by Gasteiger charge is -2.46. The summed E-state index contributed by atoms with van der Waals surface area (Å²) in [7, 11) is -2.12. The number of fused-ring (bicyclic) bond motifs is 4. The molecule has 1 saturated heterocycles. The van der Waals surface area contributed by atoms with E-state index in [1.807, 2.05) is 12.1 Å². The number of hydrogen-bond donors (Lipinski definition) is 2. The van der Waals surface area contributed by atoms with Gasteiger partial charge in [-0.1, -0.05) is 23.7 Å². The Hall–Kier alpha value is -3.36. The topological polar surface area (TPSA) is 130 Å². The molecule has 2 amide bonds. The predicted molar refractivity (Wildman–Crippen MR) is 203 cm³/mol. The Bertz CT molecular complexity index is 1830. The molecule has 0 unspecified atom stereocenters. The molecule has 2 bridgehead atoms.